The number of rotatable bonds is 8. The van der Waals surface area contributed by atoms with Gasteiger partial charge in [0.2, 0.25) is 5.78 Å². The summed E-state index contributed by atoms with van der Waals surface area (Å²) in [5.41, 5.74) is 0.491. The molecule has 1 N–H and O–H groups in total. The summed E-state index contributed by atoms with van der Waals surface area (Å²) in [6, 6.07) is 2.83. The van der Waals surface area contributed by atoms with Crippen LogP contribution in [-0.2, 0) is 14.3 Å². The molecule has 0 unspecified atom stereocenters. The smallest absolute Gasteiger partial charge is 0.408 e. The molecular formula is C25H32FN3O6. The normalized spacial score (nSPS) is 18.7. The Kier molecular flexibility index (Phi) is 8.33. The number of nitrogens with one attached hydrogen (secondary N) is 1. The molecule has 190 valence electrons. The monoisotopic (exact) mass is 489 g/mol. The van der Waals surface area contributed by atoms with E-state index in [0.29, 0.717) is 44.2 Å². The fourth-order valence-electron chi connectivity index (χ4n) is 4.72. The molecule has 2 amide bonds. The van der Waals surface area contributed by atoms with Crippen molar-refractivity contribution in [2.45, 2.75) is 64.0 Å². The number of ether oxygens (including phenoxy) is 2. The van der Waals surface area contributed by atoms with Crippen molar-refractivity contribution in [3.63, 3.8) is 0 Å². The average molecular weight is 490 g/mol. The first kappa shape index (κ1) is 25.1. The first-order valence-electron chi connectivity index (χ1n) is 12.4. The van der Waals surface area contributed by atoms with Gasteiger partial charge in [-0.3, -0.25) is 9.59 Å². The third kappa shape index (κ3) is 6.36. The summed E-state index contributed by atoms with van der Waals surface area (Å²) in [6.07, 6.45) is 4.37. The average Bonchev–Trinajstić information content (AvgIpc) is 3.30. The summed E-state index contributed by atoms with van der Waals surface area (Å²) in [4.78, 5) is 44.7. The first-order valence-corrected chi connectivity index (χ1v) is 12.4. The van der Waals surface area contributed by atoms with E-state index in [-0.39, 0.29) is 23.8 Å². The lowest BCUT2D eigenvalue weighted by Crippen LogP contribution is -2.49. The molecule has 1 aromatic heterocycles. The summed E-state index contributed by atoms with van der Waals surface area (Å²) < 4.78 is 29.8. The van der Waals surface area contributed by atoms with Crippen LogP contribution in [-0.4, -0.2) is 66.1 Å². The number of aromatic nitrogens is 1. The number of amides is 2. The van der Waals surface area contributed by atoms with E-state index in [9.17, 15) is 18.8 Å². The van der Waals surface area contributed by atoms with Crippen molar-refractivity contribution in [3.8, 4) is 0 Å². The molecule has 10 heteroatoms. The van der Waals surface area contributed by atoms with Gasteiger partial charge in [-0.15, -0.1) is 0 Å². The molecule has 1 saturated carbocycles. The quantitative estimate of drug-likeness (QED) is 0.561. The second-order valence-electron chi connectivity index (χ2n) is 9.17. The van der Waals surface area contributed by atoms with Crippen molar-refractivity contribution < 1.29 is 32.7 Å². The Morgan fingerprint density at radius 3 is 2.66 bits per heavy atom. The van der Waals surface area contributed by atoms with E-state index in [1.807, 2.05) is 0 Å². The Bertz CT molecular complexity index is 1040. The zero-order valence-electron chi connectivity index (χ0n) is 20.0. The van der Waals surface area contributed by atoms with Gasteiger partial charge in [-0.05, 0) is 30.9 Å². The molecule has 2 atom stereocenters. The van der Waals surface area contributed by atoms with Crippen molar-refractivity contribution >= 4 is 28.9 Å². The minimum absolute atomic E-state index is 0.148. The highest BCUT2D eigenvalue weighted by molar-refractivity contribution is 5.99. The van der Waals surface area contributed by atoms with E-state index in [1.165, 1.54) is 18.6 Å². The van der Waals surface area contributed by atoms with Crippen LogP contribution >= 0.6 is 0 Å². The lowest BCUT2D eigenvalue weighted by molar-refractivity contribution is -0.145. The highest BCUT2D eigenvalue weighted by Gasteiger charge is 2.33. The highest BCUT2D eigenvalue weighted by atomic mass is 19.1. The minimum atomic E-state index is -0.964. The third-order valence-corrected chi connectivity index (χ3v) is 6.70. The first-order chi connectivity index (χ1) is 16.9. The molecule has 2 heterocycles. The minimum Gasteiger partial charge on any atom is -0.436 e. The van der Waals surface area contributed by atoms with E-state index in [1.54, 1.807) is 11.8 Å². The van der Waals surface area contributed by atoms with Crippen molar-refractivity contribution in [2.24, 2.45) is 5.92 Å². The van der Waals surface area contributed by atoms with Gasteiger partial charge in [0.1, 0.15) is 17.4 Å². The molecule has 0 bridgehead atoms. The van der Waals surface area contributed by atoms with Crippen LogP contribution in [0, 0.1) is 11.7 Å². The number of hydrogen-bond donors (Lipinski definition) is 1. The number of benzene rings is 1. The molecule has 2 fully saturated rings. The van der Waals surface area contributed by atoms with Gasteiger partial charge in [-0.2, -0.15) is 0 Å². The van der Waals surface area contributed by atoms with Gasteiger partial charge >= 0.3 is 6.09 Å². The third-order valence-electron chi connectivity index (χ3n) is 6.70. The summed E-state index contributed by atoms with van der Waals surface area (Å²) in [5.74, 6) is -1.19. The number of Topliss-reactive ketones (excluding diaryl/α,β-unsaturated/α-hetero) is 1. The molecule has 4 rings (SSSR count). The SMILES string of the molecule is CC[C@H](NC(=O)O[C@@H](CC1CCCCC1)C(=O)N1CCOCC1)C(=O)c1nc2ccc(F)cc2o1. The maximum absolute atomic E-state index is 13.4. The molecule has 2 aliphatic rings. The zero-order chi connectivity index (χ0) is 24.8. The maximum Gasteiger partial charge on any atom is 0.408 e. The van der Waals surface area contributed by atoms with Gasteiger partial charge in [0, 0.05) is 19.2 Å². The molecular weight excluding hydrogens is 457 g/mol. The molecule has 1 saturated heterocycles. The number of carbonyl (C=O) groups is 3. The number of nitrogens with zero attached hydrogens (tertiary/aromatic N) is 2. The van der Waals surface area contributed by atoms with Crippen LogP contribution < -0.4 is 5.32 Å². The number of alkyl carbamates (subject to hydrolysis) is 1. The number of halogens is 1. The predicted octanol–water partition coefficient (Wildman–Crippen LogP) is 3.85. The topological polar surface area (TPSA) is 111 Å². The number of hydrogen-bond acceptors (Lipinski definition) is 7. The van der Waals surface area contributed by atoms with E-state index < -0.39 is 29.8 Å². The van der Waals surface area contributed by atoms with Crippen molar-refractivity contribution in [3.05, 3.63) is 29.9 Å². The lowest BCUT2D eigenvalue weighted by atomic mass is 9.85. The van der Waals surface area contributed by atoms with Crippen LogP contribution in [0.4, 0.5) is 9.18 Å². The number of carbonyl (C=O) groups excluding carboxylic acids is 3. The summed E-state index contributed by atoms with van der Waals surface area (Å²) in [5, 5.41) is 2.57. The molecule has 9 nitrogen and oxygen atoms in total. The molecule has 1 aliphatic heterocycles. The Morgan fingerprint density at radius 2 is 1.94 bits per heavy atom. The van der Waals surface area contributed by atoms with Gasteiger partial charge < -0.3 is 24.1 Å². The van der Waals surface area contributed by atoms with Gasteiger partial charge in [-0.25, -0.2) is 14.2 Å². The van der Waals surface area contributed by atoms with E-state index in [4.69, 9.17) is 13.9 Å². The number of ketones is 1. The van der Waals surface area contributed by atoms with Gasteiger partial charge in [0.05, 0.1) is 13.2 Å². The van der Waals surface area contributed by atoms with Crippen LogP contribution in [0.1, 0.15) is 62.6 Å². The Morgan fingerprint density at radius 1 is 1.20 bits per heavy atom. The number of oxazole rings is 1. The van der Waals surface area contributed by atoms with Crippen LogP contribution in [0.25, 0.3) is 11.1 Å². The Labute approximate surface area is 203 Å². The summed E-state index contributed by atoms with van der Waals surface area (Å²) in [7, 11) is 0. The number of fused-ring (bicyclic) bond motifs is 1. The molecule has 1 aliphatic carbocycles. The van der Waals surface area contributed by atoms with Crippen LogP contribution in [0.5, 0.6) is 0 Å². The van der Waals surface area contributed by atoms with Crippen LogP contribution in [0.15, 0.2) is 22.6 Å². The molecule has 0 spiro atoms. The second kappa shape index (κ2) is 11.6. The molecule has 2 aromatic rings. The molecule has 35 heavy (non-hydrogen) atoms. The van der Waals surface area contributed by atoms with Gasteiger partial charge in [0.15, 0.2) is 11.7 Å². The summed E-state index contributed by atoms with van der Waals surface area (Å²) >= 11 is 0. The molecule has 0 radical (unpaired) electrons. The van der Waals surface area contributed by atoms with Crippen molar-refractivity contribution in [1.82, 2.24) is 15.2 Å². The van der Waals surface area contributed by atoms with Crippen LogP contribution in [0.3, 0.4) is 0 Å². The fourth-order valence-corrected chi connectivity index (χ4v) is 4.72. The van der Waals surface area contributed by atoms with Crippen molar-refractivity contribution in [1.29, 1.82) is 0 Å². The number of morpholine rings is 1. The Balaban J connectivity index is 1.42. The van der Waals surface area contributed by atoms with Gasteiger partial charge in [0.25, 0.3) is 11.8 Å². The predicted molar refractivity (Wildman–Crippen MR) is 124 cm³/mol. The fraction of sp³-hybridized carbons (Fsp3) is 0.600. The highest BCUT2D eigenvalue weighted by Crippen LogP contribution is 2.29. The standard InChI is InChI=1S/C25H32FN3O6/c1-2-18(22(30)23-27-19-9-8-17(26)15-20(19)34-23)28-25(32)35-21(14-16-6-4-3-5-7-16)24(31)29-10-12-33-13-11-29/h8-9,15-16,18,21H,2-7,10-14H2,1H3,(H,28,32)/t18-,21-/m0/s1. The van der Waals surface area contributed by atoms with Gasteiger partial charge in [-0.1, -0.05) is 39.0 Å². The van der Waals surface area contributed by atoms with E-state index in [2.05, 4.69) is 10.3 Å². The van der Waals surface area contributed by atoms with E-state index >= 15 is 0 Å². The molecule has 1 aromatic carbocycles. The maximum atomic E-state index is 13.4. The van der Waals surface area contributed by atoms with E-state index in [0.717, 1.165) is 31.7 Å². The van der Waals surface area contributed by atoms with Crippen molar-refractivity contribution in [2.75, 3.05) is 26.3 Å². The van der Waals surface area contributed by atoms with Crippen LogP contribution in [0.2, 0.25) is 0 Å². The zero-order valence-corrected chi connectivity index (χ0v) is 20.0. The summed E-state index contributed by atoms with van der Waals surface area (Å²) in [6.45, 7) is 3.55. The largest absolute Gasteiger partial charge is 0.436 e. The second-order valence-corrected chi connectivity index (χ2v) is 9.17. The Hall–Kier alpha value is -3.01. The lowest BCUT2D eigenvalue weighted by Gasteiger charge is -2.32.